The Morgan fingerprint density at radius 3 is 2.74 bits per heavy atom. The molecule has 0 saturated carbocycles. The van der Waals surface area contributed by atoms with Crippen molar-refractivity contribution in [3.05, 3.63) is 0 Å². The molecule has 3 unspecified atom stereocenters. The van der Waals surface area contributed by atoms with Crippen molar-refractivity contribution in [3.8, 4) is 0 Å². The molecule has 2 saturated heterocycles. The molecule has 2 heterocycles. The molecule has 1 amide bonds. The molecule has 108 valence electrons. The highest BCUT2D eigenvalue weighted by Gasteiger charge is 2.37. The standard InChI is InChI=1S/C14H23NO4/c1-10-12(6-8-19-10)14(17)15-7-4-3-5-11(15)9-13(16)18-2/h10-12H,3-9H2,1-2H3. The molecule has 2 aliphatic rings. The van der Waals surface area contributed by atoms with Gasteiger partial charge in [0.1, 0.15) is 0 Å². The quantitative estimate of drug-likeness (QED) is 0.726. The van der Waals surface area contributed by atoms with Gasteiger partial charge in [-0.1, -0.05) is 0 Å². The Morgan fingerprint density at radius 2 is 2.11 bits per heavy atom. The summed E-state index contributed by atoms with van der Waals surface area (Å²) < 4.78 is 10.2. The maximum absolute atomic E-state index is 12.6. The van der Waals surface area contributed by atoms with Crippen LogP contribution in [-0.2, 0) is 19.1 Å². The molecular formula is C14H23NO4. The van der Waals surface area contributed by atoms with Crippen LogP contribution in [0.4, 0.5) is 0 Å². The van der Waals surface area contributed by atoms with Gasteiger partial charge in [-0.05, 0) is 32.6 Å². The summed E-state index contributed by atoms with van der Waals surface area (Å²) in [6.45, 7) is 3.37. The van der Waals surface area contributed by atoms with Crippen LogP contribution in [0.15, 0.2) is 0 Å². The Kier molecular flexibility index (Phi) is 4.80. The van der Waals surface area contributed by atoms with E-state index in [-0.39, 0.29) is 29.9 Å². The zero-order valence-electron chi connectivity index (χ0n) is 11.8. The van der Waals surface area contributed by atoms with Crippen LogP contribution in [0.5, 0.6) is 0 Å². The molecule has 3 atom stereocenters. The summed E-state index contributed by atoms with van der Waals surface area (Å²) in [5, 5.41) is 0. The molecule has 0 N–H and O–H groups in total. The number of carbonyl (C=O) groups excluding carboxylic acids is 2. The molecule has 5 nitrogen and oxygen atoms in total. The fraction of sp³-hybridized carbons (Fsp3) is 0.857. The lowest BCUT2D eigenvalue weighted by atomic mass is 9.94. The van der Waals surface area contributed by atoms with Crippen molar-refractivity contribution in [1.29, 1.82) is 0 Å². The topological polar surface area (TPSA) is 55.8 Å². The summed E-state index contributed by atoms with van der Waals surface area (Å²) in [4.78, 5) is 25.9. The number of methoxy groups -OCH3 is 1. The number of hydrogen-bond acceptors (Lipinski definition) is 4. The smallest absolute Gasteiger partial charge is 0.307 e. The first-order chi connectivity index (χ1) is 9.13. The molecule has 0 aromatic rings. The fourth-order valence-corrected chi connectivity index (χ4v) is 3.05. The third-order valence-corrected chi connectivity index (χ3v) is 4.23. The maximum Gasteiger partial charge on any atom is 0.307 e. The summed E-state index contributed by atoms with van der Waals surface area (Å²) in [7, 11) is 1.39. The van der Waals surface area contributed by atoms with E-state index in [1.807, 2.05) is 11.8 Å². The first kappa shape index (κ1) is 14.3. The van der Waals surface area contributed by atoms with Crippen molar-refractivity contribution in [2.24, 2.45) is 5.92 Å². The Labute approximate surface area is 114 Å². The molecule has 0 aromatic carbocycles. The van der Waals surface area contributed by atoms with Gasteiger partial charge in [0.25, 0.3) is 0 Å². The largest absolute Gasteiger partial charge is 0.469 e. The van der Waals surface area contributed by atoms with Gasteiger partial charge in [-0.15, -0.1) is 0 Å². The van der Waals surface area contributed by atoms with Crippen LogP contribution < -0.4 is 0 Å². The highest BCUT2D eigenvalue weighted by molar-refractivity contribution is 5.81. The van der Waals surface area contributed by atoms with E-state index in [9.17, 15) is 9.59 Å². The van der Waals surface area contributed by atoms with Crippen molar-refractivity contribution in [3.63, 3.8) is 0 Å². The number of nitrogens with zero attached hydrogens (tertiary/aromatic N) is 1. The molecule has 0 bridgehead atoms. The third-order valence-electron chi connectivity index (χ3n) is 4.23. The van der Waals surface area contributed by atoms with E-state index in [2.05, 4.69) is 0 Å². The number of carbonyl (C=O) groups is 2. The van der Waals surface area contributed by atoms with Gasteiger partial charge >= 0.3 is 5.97 Å². The highest BCUT2D eigenvalue weighted by Crippen LogP contribution is 2.28. The molecule has 2 rings (SSSR count). The first-order valence-corrected chi connectivity index (χ1v) is 7.12. The number of piperidine rings is 1. The lowest BCUT2D eigenvalue weighted by Gasteiger charge is -2.37. The number of likely N-dealkylation sites (tertiary alicyclic amines) is 1. The average Bonchev–Trinajstić information content (AvgIpc) is 2.84. The minimum atomic E-state index is -0.236. The van der Waals surface area contributed by atoms with Crippen LogP contribution in [-0.4, -0.2) is 49.2 Å². The van der Waals surface area contributed by atoms with Crippen molar-refractivity contribution >= 4 is 11.9 Å². The number of rotatable bonds is 3. The predicted molar refractivity (Wildman–Crippen MR) is 69.5 cm³/mol. The van der Waals surface area contributed by atoms with Crippen LogP contribution in [0.25, 0.3) is 0 Å². The molecule has 0 radical (unpaired) electrons. The molecule has 0 spiro atoms. The average molecular weight is 269 g/mol. The van der Waals surface area contributed by atoms with E-state index in [0.717, 1.165) is 32.2 Å². The highest BCUT2D eigenvalue weighted by atomic mass is 16.5. The number of ether oxygens (including phenoxy) is 2. The predicted octanol–water partition coefficient (Wildman–Crippen LogP) is 1.36. The van der Waals surface area contributed by atoms with Gasteiger partial charge in [-0.25, -0.2) is 0 Å². The van der Waals surface area contributed by atoms with Crippen molar-refractivity contribution < 1.29 is 19.1 Å². The minimum Gasteiger partial charge on any atom is -0.469 e. The number of esters is 1. The lowest BCUT2D eigenvalue weighted by Crippen LogP contribution is -2.48. The van der Waals surface area contributed by atoms with Crippen molar-refractivity contribution in [2.45, 2.75) is 51.2 Å². The van der Waals surface area contributed by atoms with E-state index < -0.39 is 0 Å². The minimum absolute atomic E-state index is 0.00139. The van der Waals surface area contributed by atoms with Gasteiger partial charge in [0.05, 0.1) is 25.6 Å². The van der Waals surface area contributed by atoms with Gasteiger partial charge in [-0.3, -0.25) is 9.59 Å². The van der Waals surface area contributed by atoms with E-state index in [0.29, 0.717) is 13.0 Å². The third kappa shape index (κ3) is 3.26. The summed E-state index contributed by atoms with van der Waals surface area (Å²) in [6, 6.07) is 0.00139. The Hall–Kier alpha value is -1.10. The SMILES string of the molecule is COC(=O)CC1CCCCN1C(=O)C1CCOC1C. The molecule has 2 aliphatic heterocycles. The Morgan fingerprint density at radius 1 is 1.32 bits per heavy atom. The molecule has 5 heteroatoms. The summed E-state index contributed by atoms with van der Waals surface area (Å²) in [5.74, 6) is -0.128. The fourth-order valence-electron chi connectivity index (χ4n) is 3.05. The second-order valence-electron chi connectivity index (χ2n) is 5.43. The van der Waals surface area contributed by atoms with Gasteiger partial charge in [0.15, 0.2) is 0 Å². The van der Waals surface area contributed by atoms with E-state index in [4.69, 9.17) is 9.47 Å². The lowest BCUT2D eigenvalue weighted by molar-refractivity contribution is -0.146. The molecule has 19 heavy (non-hydrogen) atoms. The Balaban J connectivity index is 2.02. The normalized spacial score (nSPS) is 31.3. The number of hydrogen-bond donors (Lipinski definition) is 0. The summed E-state index contributed by atoms with van der Waals surface area (Å²) >= 11 is 0. The first-order valence-electron chi connectivity index (χ1n) is 7.12. The van der Waals surface area contributed by atoms with E-state index >= 15 is 0 Å². The second kappa shape index (κ2) is 6.37. The van der Waals surface area contributed by atoms with Gasteiger partial charge in [0.2, 0.25) is 5.91 Å². The molecule has 2 fully saturated rings. The zero-order chi connectivity index (χ0) is 13.8. The molecule has 0 aromatic heterocycles. The molecule has 0 aliphatic carbocycles. The van der Waals surface area contributed by atoms with Crippen molar-refractivity contribution in [1.82, 2.24) is 4.90 Å². The van der Waals surface area contributed by atoms with Crippen LogP contribution >= 0.6 is 0 Å². The Bertz CT molecular complexity index is 344. The zero-order valence-corrected chi connectivity index (χ0v) is 11.8. The van der Waals surface area contributed by atoms with E-state index in [1.165, 1.54) is 7.11 Å². The van der Waals surface area contributed by atoms with Crippen LogP contribution in [0, 0.1) is 5.92 Å². The van der Waals surface area contributed by atoms with Crippen LogP contribution in [0.2, 0.25) is 0 Å². The van der Waals surface area contributed by atoms with Crippen molar-refractivity contribution in [2.75, 3.05) is 20.3 Å². The maximum atomic E-state index is 12.6. The number of amides is 1. The summed E-state index contributed by atoms with van der Waals surface area (Å²) in [6.07, 6.45) is 4.08. The monoisotopic (exact) mass is 269 g/mol. The van der Waals surface area contributed by atoms with E-state index in [1.54, 1.807) is 0 Å². The molecular weight excluding hydrogens is 246 g/mol. The second-order valence-corrected chi connectivity index (χ2v) is 5.43. The van der Waals surface area contributed by atoms with Gasteiger partial charge in [-0.2, -0.15) is 0 Å². The van der Waals surface area contributed by atoms with Gasteiger partial charge < -0.3 is 14.4 Å². The van der Waals surface area contributed by atoms with Crippen LogP contribution in [0.1, 0.15) is 39.0 Å². The van der Waals surface area contributed by atoms with Gasteiger partial charge in [0, 0.05) is 19.2 Å². The van der Waals surface area contributed by atoms with Crippen LogP contribution in [0.3, 0.4) is 0 Å². The summed E-state index contributed by atoms with van der Waals surface area (Å²) in [5.41, 5.74) is 0.